The fourth-order valence-corrected chi connectivity index (χ4v) is 2.72. The molecule has 0 radical (unpaired) electrons. The third-order valence-electron chi connectivity index (χ3n) is 3.76. The van der Waals surface area contributed by atoms with Crippen molar-refractivity contribution in [3.63, 3.8) is 0 Å². The molecule has 1 aromatic heterocycles. The van der Waals surface area contributed by atoms with E-state index in [0.717, 1.165) is 24.3 Å². The molecule has 1 aliphatic rings. The van der Waals surface area contributed by atoms with Crippen LogP contribution in [-0.4, -0.2) is 23.4 Å². The third-order valence-corrected chi connectivity index (χ3v) is 3.76. The number of hydrogen-bond donors (Lipinski definition) is 1. The molecule has 0 amide bonds. The third kappa shape index (κ3) is 1.56. The molecule has 3 rings (SSSR count). The van der Waals surface area contributed by atoms with Crippen LogP contribution in [0.4, 0.5) is 11.5 Å². The fourth-order valence-electron chi connectivity index (χ4n) is 2.72. The van der Waals surface area contributed by atoms with Crippen LogP contribution < -0.4 is 10.6 Å². The van der Waals surface area contributed by atoms with Gasteiger partial charge in [0.05, 0.1) is 6.20 Å². The van der Waals surface area contributed by atoms with Crippen LogP contribution in [0, 0.1) is 0 Å². The Hall–Kier alpha value is -1.97. The second-order valence-electron chi connectivity index (χ2n) is 4.90. The summed E-state index contributed by atoms with van der Waals surface area (Å²) in [6, 6.07) is 6.43. The van der Waals surface area contributed by atoms with Crippen molar-refractivity contribution in [2.24, 2.45) is 7.05 Å². The molecular weight excluding hydrogens is 224 g/mol. The van der Waals surface area contributed by atoms with E-state index in [1.807, 2.05) is 13.2 Å². The molecule has 2 heterocycles. The topological polar surface area (TPSA) is 47.1 Å². The average molecular weight is 242 g/mol. The molecule has 4 nitrogen and oxygen atoms in total. The number of nitrogens with two attached hydrogens (primary N) is 1. The van der Waals surface area contributed by atoms with E-state index in [9.17, 15) is 0 Å². The van der Waals surface area contributed by atoms with Crippen LogP contribution in [-0.2, 0) is 13.5 Å². The lowest BCUT2D eigenvalue weighted by Gasteiger charge is -2.29. The van der Waals surface area contributed by atoms with Crippen molar-refractivity contribution in [1.29, 1.82) is 0 Å². The van der Waals surface area contributed by atoms with E-state index in [1.165, 1.54) is 23.2 Å². The minimum absolute atomic E-state index is 0.733. The van der Waals surface area contributed by atoms with Crippen LogP contribution in [0.25, 0.3) is 11.1 Å². The Bertz CT molecular complexity index is 585. The molecule has 0 fully saturated rings. The molecule has 0 aliphatic carbocycles. The minimum atomic E-state index is 0.733. The lowest BCUT2D eigenvalue weighted by Crippen LogP contribution is -2.24. The van der Waals surface area contributed by atoms with Gasteiger partial charge in [-0.05, 0) is 30.0 Å². The van der Waals surface area contributed by atoms with E-state index < -0.39 is 0 Å². The molecule has 2 aromatic rings. The summed E-state index contributed by atoms with van der Waals surface area (Å²) in [4.78, 5) is 2.31. The van der Waals surface area contributed by atoms with Gasteiger partial charge < -0.3 is 10.6 Å². The molecule has 1 aliphatic heterocycles. The summed E-state index contributed by atoms with van der Waals surface area (Å²) in [6.45, 7) is 1.12. The van der Waals surface area contributed by atoms with Crippen molar-refractivity contribution < 1.29 is 0 Å². The summed E-state index contributed by atoms with van der Waals surface area (Å²) < 4.78 is 1.72. The SMILES string of the molecule is CN1CCCc2c(-c3cnn(C)c3N)cccc21. The molecule has 0 spiro atoms. The number of nitrogens with zero attached hydrogens (tertiary/aromatic N) is 3. The summed E-state index contributed by atoms with van der Waals surface area (Å²) in [5, 5.41) is 4.24. The van der Waals surface area contributed by atoms with Gasteiger partial charge in [-0.3, -0.25) is 4.68 Å². The predicted molar refractivity (Wildman–Crippen MR) is 74.6 cm³/mol. The molecule has 18 heavy (non-hydrogen) atoms. The Balaban J connectivity index is 2.19. The van der Waals surface area contributed by atoms with E-state index in [-0.39, 0.29) is 0 Å². The lowest BCUT2D eigenvalue weighted by molar-refractivity contribution is 0.746. The fraction of sp³-hybridized carbons (Fsp3) is 0.357. The van der Waals surface area contributed by atoms with Crippen LogP contribution in [0.15, 0.2) is 24.4 Å². The van der Waals surface area contributed by atoms with Crippen LogP contribution in [0.3, 0.4) is 0 Å². The number of hydrogen-bond acceptors (Lipinski definition) is 3. The number of anilines is 2. The van der Waals surface area contributed by atoms with E-state index in [4.69, 9.17) is 5.73 Å². The van der Waals surface area contributed by atoms with E-state index in [0.29, 0.717) is 0 Å². The van der Waals surface area contributed by atoms with E-state index >= 15 is 0 Å². The number of nitrogen functional groups attached to an aromatic ring is 1. The molecule has 4 heteroatoms. The molecule has 0 saturated heterocycles. The number of rotatable bonds is 1. The summed E-state index contributed by atoms with van der Waals surface area (Å²) in [5.74, 6) is 0.733. The van der Waals surface area contributed by atoms with Gasteiger partial charge in [0.15, 0.2) is 0 Å². The normalized spacial score (nSPS) is 14.7. The monoisotopic (exact) mass is 242 g/mol. The van der Waals surface area contributed by atoms with Crippen LogP contribution in [0.5, 0.6) is 0 Å². The average Bonchev–Trinajstić information content (AvgIpc) is 2.70. The van der Waals surface area contributed by atoms with Crippen LogP contribution in [0.2, 0.25) is 0 Å². The van der Waals surface area contributed by atoms with Crippen molar-refractivity contribution in [1.82, 2.24) is 9.78 Å². The Morgan fingerprint density at radius 2 is 2.06 bits per heavy atom. The smallest absolute Gasteiger partial charge is 0.129 e. The molecule has 94 valence electrons. The van der Waals surface area contributed by atoms with Gasteiger partial charge in [0, 0.05) is 31.9 Å². The summed E-state index contributed by atoms with van der Waals surface area (Å²) >= 11 is 0. The van der Waals surface area contributed by atoms with Crippen molar-refractivity contribution >= 4 is 11.5 Å². The molecular formula is C14H18N4. The predicted octanol–water partition coefficient (Wildman–Crippen LogP) is 2.05. The molecule has 2 N–H and O–H groups in total. The van der Waals surface area contributed by atoms with Gasteiger partial charge in [0.25, 0.3) is 0 Å². The first kappa shape index (κ1) is 11.1. The van der Waals surface area contributed by atoms with Gasteiger partial charge in [0.1, 0.15) is 5.82 Å². The first-order chi connectivity index (χ1) is 8.68. The summed E-state index contributed by atoms with van der Waals surface area (Å²) in [7, 11) is 4.02. The maximum absolute atomic E-state index is 6.09. The van der Waals surface area contributed by atoms with Crippen LogP contribution >= 0.6 is 0 Å². The number of aromatic nitrogens is 2. The molecule has 0 atom stereocenters. The van der Waals surface area contributed by atoms with Gasteiger partial charge in [-0.2, -0.15) is 5.10 Å². The molecule has 0 saturated carbocycles. The maximum atomic E-state index is 6.09. The minimum Gasteiger partial charge on any atom is -0.383 e. The second-order valence-corrected chi connectivity index (χ2v) is 4.90. The second kappa shape index (κ2) is 4.05. The van der Waals surface area contributed by atoms with Crippen LogP contribution in [0.1, 0.15) is 12.0 Å². The first-order valence-electron chi connectivity index (χ1n) is 6.29. The van der Waals surface area contributed by atoms with Gasteiger partial charge in [0.2, 0.25) is 0 Å². The Morgan fingerprint density at radius 3 is 2.78 bits per heavy atom. The standard InChI is InChI=1S/C14H18N4/c1-17-8-4-6-11-10(5-3-7-13(11)17)12-9-16-18(2)14(12)15/h3,5,7,9H,4,6,8,15H2,1-2H3. The zero-order chi connectivity index (χ0) is 12.7. The highest BCUT2D eigenvalue weighted by Gasteiger charge is 2.19. The van der Waals surface area contributed by atoms with E-state index in [2.05, 4.69) is 35.2 Å². The molecule has 0 unspecified atom stereocenters. The largest absolute Gasteiger partial charge is 0.383 e. The molecule has 0 bridgehead atoms. The number of aryl methyl sites for hydroxylation is 1. The van der Waals surface area contributed by atoms with E-state index in [1.54, 1.807) is 4.68 Å². The van der Waals surface area contributed by atoms with Crippen molar-refractivity contribution in [2.75, 3.05) is 24.2 Å². The lowest BCUT2D eigenvalue weighted by atomic mass is 9.93. The summed E-state index contributed by atoms with van der Waals surface area (Å²) in [6.07, 6.45) is 4.17. The Labute approximate surface area is 107 Å². The quantitative estimate of drug-likeness (QED) is 0.832. The van der Waals surface area contributed by atoms with Crippen molar-refractivity contribution in [3.05, 3.63) is 30.0 Å². The zero-order valence-electron chi connectivity index (χ0n) is 10.8. The number of fused-ring (bicyclic) bond motifs is 1. The van der Waals surface area contributed by atoms with Gasteiger partial charge in [-0.15, -0.1) is 0 Å². The molecule has 1 aromatic carbocycles. The highest BCUT2D eigenvalue weighted by molar-refractivity contribution is 5.80. The van der Waals surface area contributed by atoms with Crippen molar-refractivity contribution in [2.45, 2.75) is 12.8 Å². The van der Waals surface area contributed by atoms with Gasteiger partial charge in [-0.25, -0.2) is 0 Å². The maximum Gasteiger partial charge on any atom is 0.129 e. The number of benzene rings is 1. The highest BCUT2D eigenvalue weighted by atomic mass is 15.3. The Kier molecular flexibility index (Phi) is 2.51. The van der Waals surface area contributed by atoms with Crippen molar-refractivity contribution in [3.8, 4) is 11.1 Å². The first-order valence-corrected chi connectivity index (χ1v) is 6.29. The Morgan fingerprint density at radius 1 is 1.22 bits per heavy atom. The summed E-state index contributed by atoms with van der Waals surface area (Å²) in [5.41, 5.74) is 11.1. The van der Waals surface area contributed by atoms with Gasteiger partial charge >= 0.3 is 0 Å². The van der Waals surface area contributed by atoms with Gasteiger partial charge in [-0.1, -0.05) is 12.1 Å². The highest BCUT2D eigenvalue weighted by Crippen LogP contribution is 2.36. The zero-order valence-corrected chi connectivity index (χ0v) is 10.8.